The van der Waals surface area contributed by atoms with E-state index in [4.69, 9.17) is 5.73 Å². The van der Waals surface area contributed by atoms with Crippen molar-refractivity contribution in [3.63, 3.8) is 0 Å². The number of nitrogens with two attached hydrogens (primary N) is 1. The maximum Gasteiger partial charge on any atom is 0.154 e. The molecule has 0 unspecified atom stereocenters. The number of nitrogen functional groups attached to an aromatic ring is 1. The molecule has 7 heteroatoms. The van der Waals surface area contributed by atoms with Gasteiger partial charge >= 0.3 is 0 Å². The quantitative estimate of drug-likeness (QED) is 0.669. The summed E-state index contributed by atoms with van der Waals surface area (Å²) in [7, 11) is 0. The van der Waals surface area contributed by atoms with E-state index in [0.29, 0.717) is 28.8 Å². The summed E-state index contributed by atoms with van der Waals surface area (Å²) in [6, 6.07) is 7.43. The largest absolute Gasteiger partial charge is 0.382 e. The molecule has 3 aromatic heterocycles. The van der Waals surface area contributed by atoms with Gasteiger partial charge in [-0.2, -0.15) is 5.10 Å². The predicted molar refractivity (Wildman–Crippen MR) is 76.3 cm³/mol. The Morgan fingerprint density at radius 3 is 2.75 bits per heavy atom. The average Bonchev–Trinajstić information content (AvgIpc) is 2.86. The Kier molecular flexibility index (Phi) is 3.00. The highest BCUT2D eigenvalue weighted by Crippen LogP contribution is 2.22. The minimum Gasteiger partial charge on any atom is -0.382 e. The first-order valence-electron chi connectivity index (χ1n) is 6.05. The summed E-state index contributed by atoms with van der Waals surface area (Å²) >= 11 is 0. The molecule has 0 saturated heterocycles. The van der Waals surface area contributed by atoms with Gasteiger partial charge in [0.1, 0.15) is 17.2 Å². The molecule has 0 aromatic carbocycles. The van der Waals surface area contributed by atoms with E-state index in [2.05, 4.69) is 30.5 Å². The number of aromatic amines is 1. The van der Waals surface area contributed by atoms with Gasteiger partial charge in [-0.05, 0) is 25.1 Å². The van der Waals surface area contributed by atoms with Crippen molar-refractivity contribution in [3.8, 4) is 11.4 Å². The lowest BCUT2D eigenvalue weighted by atomic mass is 10.3. The topological polar surface area (TPSA) is 105 Å². The Bertz CT molecular complexity index is 721. The van der Waals surface area contributed by atoms with Crippen LogP contribution in [0, 0.1) is 6.92 Å². The lowest BCUT2D eigenvalue weighted by Gasteiger charge is -2.06. The first kappa shape index (κ1) is 12.1. The van der Waals surface area contributed by atoms with Gasteiger partial charge in [0.05, 0.1) is 6.20 Å². The molecule has 7 nitrogen and oxygen atoms in total. The summed E-state index contributed by atoms with van der Waals surface area (Å²) in [5.41, 5.74) is 8.10. The van der Waals surface area contributed by atoms with Crippen LogP contribution in [0.5, 0.6) is 0 Å². The highest BCUT2D eigenvalue weighted by Gasteiger charge is 2.10. The van der Waals surface area contributed by atoms with E-state index in [1.165, 1.54) is 0 Å². The van der Waals surface area contributed by atoms with Gasteiger partial charge in [0.15, 0.2) is 11.6 Å². The van der Waals surface area contributed by atoms with Gasteiger partial charge in [-0.1, -0.05) is 6.07 Å². The van der Waals surface area contributed by atoms with Crippen molar-refractivity contribution in [1.82, 2.24) is 25.1 Å². The normalized spacial score (nSPS) is 10.4. The number of aryl methyl sites for hydroxylation is 1. The fourth-order valence-electron chi connectivity index (χ4n) is 1.77. The van der Waals surface area contributed by atoms with Gasteiger partial charge < -0.3 is 11.1 Å². The second-order valence-corrected chi connectivity index (χ2v) is 4.27. The van der Waals surface area contributed by atoms with E-state index >= 15 is 0 Å². The molecule has 0 bridgehead atoms. The van der Waals surface area contributed by atoms with Crippen LogP contribution in [-0.2, 0) is 0 Å². The SMILES string of the molecule is Cc1cc(-c2ncc(Nc3ccccn3)nc2N)n[nH]1. The van der Waals surface area contributed by atoms with Gasteiger partial charge in [0.2, 0.25) is 0 Å². The van der Waals surface area contributed by atoms with Crippen LogP contribution in [0.25, 0.3) is 11.4 Å². The molecule has 0 atom stereocenters. The van der Waals surface area contributed by atoms with Gasteiger partial charge in [-0.15, -0.1) is 0 Å². The maximum absolute atomic E-state index is 5.93. The van der Waals surface area contributed by atoms with Crippen LogP contribution in [-0.4, -0.2) is 25.1 Å². The number of anilines is 3. The van der Waals surface area contributed by atoms with Crippen molar-refractivity contribution in [2.24, 2.45) is 0 Å². The summed E-state index contributed by atoms with van der Waals surface area (Å²) in [5.74, 6) is 1.54. The Morgan fingerprint density at radius 2 is 2.10 bits per heavy atom. The molecule has 0 aliphatic rings. The lowest BCUT2D eigenvalue weighted by molar-refractivity contribution is 1.04. The number of hydrogen-bond acceptors (Lipinski definition) is 6. The second-order valence-electron chi connectivity index (χ2n) is 4.27. The van der Waals surface area contributed by atoms with E-state index in [1.54, 1.807) is 12.4 Å². The maximum atomic E-state index is 5.93. The molecule has 20 heavy (non-hydrogen) atoms. The highest BCUT2D eigenvalue weighted by atomic mass is 15.1. The zero-order chi connectivity index (χ0) is 13.9. The molecule has 0 amide bonds. The summed E-state index contributed by atoms with van der Waals surface area (Å²) < 4.78 is 0. The molecule has 0 fully saturated rings. The summed E-state index contributed by atoms with van der Waals surface area (Å²) in [5, 5.41) is 10.0. The molecule has 0 aliphatic heterocycles. The number of H-pyrrole nitrogens is 1. The van der Waals surface area contributed by atoms with Crippen LogP contribution in [0.15, 0.2) is 36.7 Å². The molecule has 0 aliphatic carbocycles. The number of nitrogens with zero attached hydrogens (tertiary/aromatic N) is 4. The average molecular weight is 267 g/mol. The van der Waals surface area contributed by atoms with Crippen molar-refractivity contribution in [3.05, 3.63) is 42.4 Å². The Balaban J connectivity index is 1.88. The fraction of sp³-hybridized carbons (Fsp3) is 0.0769. The monoisotopic (exact) mass is 267 g/mol. The lowest BCUT2D eigenvalue weighted by Crippen LogP contribution is -2.02. The molecule has 4 N–H and O–H groups in total. The third-order valence-corrected chi connectivity index (χ3v) is 2.67. The Hall–Kier alpha value is -2.96. The van der Waals surface area contributed by atoms with Crippen LogP contribution in [0.2, 0.25) is 0 Å². The molecule has 3 rings (SSSR count). The molecule has 0 radical (unpaired) electrons. The van der Waals surface area contributed by atoms with Crippen molar-refractivity contribution in [2.45, 2.75) is 6.92 Å². The summed E-state index contributed by atoms with van der Waals surface area (Å²) in [6.45, 7) is 1.91. The standard InChI is InChI=1S/C13H13N7/c1-8-6-9(20-19-8)12-13(14)18-11(7-16-12)17-10-4-2-3-5-15-10/h2-7H,1H3,(H,19,20)(H3,14,15,17,18). The Morgan fingerprint density at radius 1 is 1.20 bits per heavy atom. The smallest absolute Gasteiger partial charge is 0.154 e. The van der Waals surface area contributed by atoms with Crippen LogP contribution >= 0.6 is 0 Å². The van der Waals surface area contributed by atoms with E-state index in [0.717, 1.165) is 5.69 Å². The third-order valence-electron chi connectivity index (χ3n) is 2.67. The number of rotatable bonds is 3. The van der Waals surface area contributed by atoms with E-state index in [-0.39, 0.29) is 0 Å². The Labute approximate surface area is 115 Å². The number of hydrogen-bond donors (Lipinski definition) is 3. The molecule has 3 aromatic rings. The highest BCUT2D eigenvalue weighted by molar-refractivity contribution is 5.68. The van der Waals surface area contributed by atoms with Crippen molar-refractivity contribution < 1.29 is 0 Å². The molecule has 3 heterocycles. The van der Waals surface area contributed by atoms with Crippen LogP contribution in [0.4, 0.5) is 17.5 Å². The first-order valence-corrected chi connectivity index (χ1v) is 6.05. The number of aromatic nitrogens is 5. The molecule has 0 saturated carbocycles. The van der Waals surface area contributed by atoms with Crippen LogP contribution in [0.1, 0.15) is 5.69 Å². The summed E-state index contributed by atoms with van der Waals surface area (Å²) in [6.07, 6.45) is 3.30. The van der Waals surface area contributed by atoms with Crippen molar-refractivity contribution >= 4 is 17.5 Å². The molecular formula is C13H13N7. The minimum atomic E-state index is 0.317. The molecular weight excluding hydrogens is 254 g/mol. The van der Waals surface area contributed by atoms with Crippen LogP contribution < -0.4 is 11.1 Å². The van der Waals surface area contributed by atoms with Gasteiger partial charge in [-0.25, -0.2) is 15.0 Å². The fourth-order valence-corrected chi connectivity index (χ4v) is 1.77. The molecule has 0 spiro atoms. The van der Waals surface area contributed by atoms with E-state index in [1.807, 2.05) is 31.2 Å². The number of nitrogens with one attached hydrogen (secondary N) is 2. The molecule has 100 valence electrons. The zero-order valence-electron chi connectivity index (χ0n) is 10.8. The second kappa shape index (κ2) is 4.96. The van der Waals surface area contributed by atoms with Gasteiger partial charge in [-0.3, -0.25) is 5.10 Å². The first-order chi connectivity index (χ1) is 9.72. The number of pyridine rings is 1. The predicted octanol–water partition coefficient (Wildman–Crippen LogP) is 1.90. The van der Waals surface area contributed by atoms with Gasteiger partial charge in [0, 0.05) is 11.9 Å². The van der Waals surface area contributed by atoms with Gasteiger partial charge in [0.25, 0.3) is 0 Å². The van der Waals surface area contributed by atoms with Crippen molar-refractivity contribution in [2.75, 3.05) is 11.1 Å². The minimum absolute atomic E-state index is 0.317. The van der Waals surface area contributed by atoms with Crippen molar-refractivity contribution in [1.29, 1.82) is 0 Å². The van der Waals surface area contributed by atoms with E-state index in [9.17, 15) is 0 Å². The van der Waals surface area contributed by atoms with E-state index < -0.39 is 0 Å². The van der Waals surface area contributed by atoms with Crippen LogP contribution in [0.3, 0.4) is 0 Å². The zero-order valence-corrected chi connectivity index (χ0v) is 10.8. The third kappa shape index (κ3) is 2.41. The summed E-state index contributed by atoms with van der Waals surface area (Å²) in [4.78, 5) is 12.7.